The number of carboxylic acid groups (broad SMARTS) is 1. The molecule has 0 fully saturated rings. The van der Waals surface area contributed by atoms with E-state index in [0.717, 1.165) is 26.4 Å². The largest absolute Gasteiger partial charge is 0.478 e. The van der Waals surface area contributed by atoms with E-state index in [9.17, 15) is 27.6 Å². The Hall–Kier alpha value is -2.84. The van der Waals surface area contributed by atoms with Crippen LogP contribution in [0.15, 0.2) is 18.2 Å². The van der Waals surface area contributed by atoms with Crippen LogP contribution < -0.4 is 0 Å². The molecule has 0 bridgehead atoms. The van der Waals surface area contributed by atoms with E-state index in [0.29, 0.717) is 12.1 Å². The molecule has 1 aromatic carbocycles. The van der Waals surface area contributed by atoms with Crippen LogP contribution in [0.5, 0.6) is 0 Å². The number of carbonyl (C=O) groups is 3. The number of benzene rings is 1. The first-order chi connectivity index (χ1) is 10.6. The molecular weight excluding hydrogens is 321 g/mol. The molecule has 0 radical (unpaired) electrons. The molecule has 0 unspecified atom stereocenters. The van der Waals surface area contributed by atoms with Gasteiger partial charge in [-0.3, -0.25) is 0 Å². The molecule has 0 saturated heterocycles. The maximum atomic E-state index is 13.2. The van der Waals surface area contributed by atoms with Gasteiger partial charge in [-0.15, -0.1) is 0 Å². The number of ether oxygens (including phenoxy) is 2. The Balaban J connectivity index is 3.74. The fraction of sp³-hybridized carbons (Fsp3) is 0.214. The fourth-order valence-electron chi connectivity index (χ4n) is 1.74. The van der Waals surface area contributed by atoms with E-state index in [-0.39, 0.29) is 5.56 Å². The number of hydrogen-bond donors (Lipinski definition) is 1. The zero-order valence-corrected chi connectivity index (χ0v) is 11.9. The summed E-state index contributed by atoms with van der Waals surface area (Å²) in [5.41, 5.74) is -3.36. The second-order valence-corrected chi connectivity index (χ2v) is 4.14. The van der Waals surface area contributed by atoms with Crippen molar-refractivity contribution in [2.45, 2.75) is 6.18 Å². The van der Waals surface area contributed by atoms with Crippen molar-refractivity contribution in [2.24, 2.45) is 0 Å². The zero-order chi connectivity index (χ0) is 17.8. The summed E-state index contributed by atoms with van der Waals surface area (Å²) in [6, 6.07) is 1.45. The summed E-state index contributed by atoms with van der Waals surface area (Å²) in [6.07, 6.45) is -3.53. The molecule has 0 heterocycles. The highest BCUT2D eigenvalue weighted by molar-refractivity contribution is 6.05. The fourth-order valence-corrected chi connectivity index (χ4v) is 1.74. The first kappa shape index (κ1) is 18.2. The summed E-state index contributed by atoms with van der Waals surface area (Å²) in [6.45, 7) is 0. The predicted octanol–water partition coefficient (Wildman–Crippen LogP) is 2.38. The van der Waals surface area contributed by atoms with E-state index in [1.807, 2.05) is 0 Å². The van der Waals surface area contributed by atoms with Gasteiger partial charge in [-0.05, 0) is 23.8 Å². The van der Waals surface area contributed by atoms with Crippen molar-refractivity contribution in [3.63, 3.8) is 0 Å². The number of hydrogen-bond acceptors (Lipinski definition) is 5. The van der Waals surface area contributed by atoms with Crippen molar-refractivity contribution in [3.05, 3.63) is 40.5 Å². The van der Waals surface area contributed by atoms with Crippen molar-refractivity contribution < 1.29 is 42.1 Å². The smallest absolute Gasteiger partial charge is 0.417 e. The van der Waals surface area contributed by atoms with Crippen LogP contribution in [0.4, 0.5) is 13.2 Å². The highest BCUT2D eigenvalue weighted by atomic mass is 19.4. The first-order valence-electron chi connectivity index (χ1n) is 5.94. The highest BCUT2D eigenvalue weighted by Gasteiger charge is 2.38. The predicted molar refractivity (Wildman–Crippen MR) is 70.8 cm³/mol. The van der Waals surface area contributed by atoms with Crippen LogP contribution in [0.3, 0.4) is 0 Å². The minimum Gasteiger partial charge on any atom is -0.478 e. The number of rotatable bonds is 4. The Morgan fingerprint density at radius 2 is 1.65 bits per heavy atom. The second-order valence-electron chi connectivity index (χ2n) is 4.14. The SMILES string of the molecule is COC(=O)c1cc(/C=C/C(=O)O)cc(C(F)(F)F)c1C(=O)OC. The number of aliphatic carboxylic acids is 1. The van der Waals surface area contributed by atoms with Crippen LogP contribution in [0, 0.1) is 0 Å². The Kier molecular flexibility index (Phi) is 5.50. The van der Waals surface area contributed by atoms with Gasteiger partial charge < -0.3 is 14.6 Å². The maximum absolute atomic E-state index is 13.2. The lowest BCUT2D eigenvalue weighted by molar-refractivity contribution is -0.138. The molecule has 23 heavy (non-hydrogen) atoms. The third-order valence-electron chi connectivity index (χ3n) is 2.68. The van der Waals surface area contributed by atoms with Gasteiger partial charge in [0.2, 0.25) is 0 Å². The van der Waals surface area contributed by atoms with Crippen LogP contribution in [0.2, 0.25) is 0 Å². The molecule has 9 heteroatoms. The number of methoxy groups -OCH3 is 2. The van der Waals surface area contributed by atoms with Gasteiger partial charge in [0.15, 0.2) is 0 Å². The minimum absolute atomic E-state index is 0.243. The molecule has 1 aromatic rings. The normalized spacial score (nSPS) is 11.3. The van der Waals surface area contributed by atoms with Gasteiger partial charge in [-0.25, -0.2) is 14.4 Å². The molecule has 0 aliphatic heterocycles. The third kappa shape index (κ3) is 4.31. The van der Waals surface area contributed by atoms with E-state index < -0.39 is 40.8 Å². The lowest BCUT2D eigenvalue weighted by atomic mass is 9.96. The van der Waals surface area contributed by atoms with E-state index in [2.05, 4.69) is 9.47 Å². The van der Waals surface area contributed by atoms with Gasteiger partial charge in [-0.2, -0.15) is 13.2 Å². The molecule has 1 rings (SSSR count). The van der Waals surface area contributed by atoms with Gasteiger partial charge in [0.05, 0.1) is 30.9 Å². The summed E-state index contributed by atoms with van der Waals surface area (Å²) >= 11 is 0. The van der Waals surface area contributed by atoms with Crippen molar-refractivity contribution in [3.8, 4) is 0 Å². The Bertz CT molecular complexity index is 676. The minimum atomic E-state index is -4.97. The number of alkyl halides is 3. The number of esters is 2. The van der Waals surface area contributed by atoms with Crippen LogP contribution in [-0.4, -0.2) is 37.2 Å². The molecule has 0 aliphatic rings. The summed E-state index contributed by atoms with van der Waals surface area (Å²) in [4.78, 5) is 33.8. The summed E-state index contributed by atoms with van der Waals surface area (Å²) < 4.78 is 48.2. The van der Waals surface area contributed by atoms with Gasteiger partial charge in [0, 0.05) is 6.08 Å². The highest BCUT2D eigenvalue weighted by Crippen LogP contribution is 2.35. The van der Waals surface area contributed by atoms with Gasteiger partial charge >= 0.3 is 24.1 Å². The van der Waals surface area contributed by atoms with Crippen LogP contribution >= 0.6 is 0 Å². The average molecular weight is 332 g/mol. The monoisotopic (exact) mass is 332 g/mol. The molecule has 0 atom stereocenters. The van der Waals surface area contributed by atoms with Crippen molar-refractivity contribution >= 4 is 24.0 Å². The lowest BCUT2D eigenvalue weighted by Crippen LogP contribution is -2.20. The van der Waals surface area contributed by atoms with Crippen molar-refractivity contribution in [1.29, 1.82) is 0 Å². The molecule has 6 nitrogen and oxygen atoms in total. The van der Waals surface area contributed by atoms with Gasteiger partial charge in [0.1, 0.15) is 0 Å². The summed E-state index contributed by atoms with van der Waals surface area (Å²) in [5, 5.41) is 8.53. The topological polar surface area (TPSA) is 89.9 Å². The number of carbonyl (C=O) groups excluding carboxylic acids is 2. The Labute approximate surface area is 128 Å². The van der Waals surface area contributed by atoms with Crippen LogP contribution in [-0.2, 0) is 20.4 Å². The van der Waals surface area contributed by atoms with Gasteiger partial charge in [-0.1, -0.05) is 0 Å². The number of carboxylic acids is 1. The van der Waals surface area contributed by atoms with Gasteiger partial charge in [0.25, 0.3) is 0 Å². The molecule has 0 spiro atoms. The zero-order valence-electron chi connectivity index (χ0n) is 11.9. The van der Waals surface area contributed by atoms with Crippen molar-refractivity contribution in [1.82, 2.24) is 0 Å². The molecule has 1 N–H and O–H groups in total. The molecule has 0 amide bonds. The van der Waals surface area contributed by atoms with Crippen molar-refractivity contribution in [2.75, 3.05) is 14.2 Å². The standard InChI is InChI=1S/C14H11F3O6/c1-22-12(20)8-5-7(3-4-10(18)19)6-9(14(15,16)17)11(8)13(21)23-2/h3-6H,1-2H3,(H,18,19)/b4-3+. The van der Waals surface area contributed by atoms with Crippen LogP contribution in [0.25, 0.3) is 6.08 Å². The molecule has 0 aromatic heterocycles. The van der Waals surface area contributed by atoms with E-state index in [1.54, 1.807) is 0 Å². The number of halogens is 3. The van der Waals surface area contributed by atoms with E-state index >= 15 is 0 Å². The molecule has 0 saturated carbocycles. The quantitative estimate of drug-likeness (QED) is 0.672. The molecule has 124 valence electrons. The average Bonchev–Trinajstić information content (AvgIpc) is 2.49. The van der Waals surface area contributed by atoms with E-state index in [1.165, 1.54) is 0 Å². The first-order valence-corrected chi connectivity index (χ1v) is 5.94. The summed E-state index contributed by atoms with van der Waals surface area (Å²) in [7, 11) is 1.79. The summed E-state index contributed by atoms with van der Waals surface area (Å²) in [5.74, 6) is -3.96. The van der Waals surface area contributed by atoms with Crippen LogP contribution in [0.1, 0.15) is 31.8 Å². The molecular formula is C14H11F3O6. The second kappa shape index (κ2) is 6.95. The lowest BCUT2D eigenvalue weighted by Gasteiger charge is -2.15. The Morgan fingerprint density at radius 3 is 2.09 bits per heavy atom. The Morgan fingerprint density at radius 1 is 1.09 bits per heavy atom. The maximum Gasteiger partial charge on any atom is 0.417 e. The third-order valence-corrected chi connectivity index (χ3v) is 2.68. The van der Waals surface area contributed by atoms with E-state index in [4.69, 9.17) is 5.11 Å². The molecule has 0 aliphatic carbocycles.